The fourth-order valence-corrected chi connectivity index (χ4v) is 4.47. The van der Waals surface area contributed by atoms with Gasteiger partial charge in [-0.2, -0.15) is 0 Å². The highest BCUT2D eigenvalue weighted by Crippen LogP contribution is 2.37. The molecule has 0 radical (unpaired) electrons. The first-order valence-electron chi connectivity index (χ1n) is 11.9. The maximum Gasteiger partial charge on any atom is 0.221 e. The third-order valence-electron chi connectivity index (χ3n) is 6.22. The molecule has 3 heterocycles. The van der Waals surface area contributed by atoms with Gasteiger partial charge in [0.15, 0.2) is 0 Å². The lowest BCUT2D eigenvalue weighted by Crippen LogP contribution is -2.36. The van der Waals surface area contributed by atoms with Crippen molar-refractivity contribution in [2.24, 2.45) is 0 Å². The molecular formula is C28H31N3O2. The second-order valence-electron chi connectivity index (χ2n) is 8.94. The van der Waals surface area contributed by atoms with Gasteiger partial charge in [0.05, 0.1) is 30.9 Å². The third-order valence-corrected chi connectivity index (χ3v) is 6.22. The molecule has 2 aromatic heterocycles. The van der Waals surface area contributed by atoms with Gasteiger partial charge in [0.25, 0.3) is 0 Å². The largest absolute Gasteiger partial charge is 0.477 e. The summed E-state index contributed by atoms with van der Waals surface area (Å²) in [5.41, 5.74) is 5.37. The van der Waals surface area contributed by atoms with Crippen LogP contribution in [-0.4, -0.2) is 42.9 Å². The SMILES string of the molecule is CCCOc1nc2ccccc2cc1-c1cc(C(C)C)c2ccc(N3CCOCC3)nc2c1. The third kappa shape index (κ3) is 4.38. The number of rotatable bonds is 6. The predicted molar refractivity (Wildman–Crippen MR) is 135 cm³/mol. The maximum atomic E-state index is 6.13. The van der Waals surface area contributed by atoms with E-state index >= 15 is 0 Å². The lowest BCUT2D eigenvalue weighted by molar-refractivity contribution is 0.122. The molecule has 33 heavy (non-hydrogen) atoms. The highest BCUT2D eigenvalue weighted by atomic mass is 16.5. The molecule has 1 aliphatic rings. The van der Waals surface area contributed by atoms with Crippen LogP contribution in [0.3, 0.4) is 0 Å². The summed E-state index contributed by atoms with van der Waals surface area (Å²) in [6.45, 7) is 10.5. The first-order chi connectivity index (χ1) is 16.1. The Balaban J connectivity index is 1.69. The summed E-state index contributed by atoms with van der Waals surface area (Å²) in [6.07, 6.45) is 0.938. The van der Waals surface area contributed by atoms with Crippen LogP contribution in [0.2, 0.25) is 0 Å². The molecule has 0 bridgehead atoms. The van der Waals surface area contributed by atoms with Crippen molar-refractivity contribution in [1.29, 1.82) is 0 Å². The molecule has 0 saturated carbocycles. The van der Waals surface area contributed by atoms with Crippen LogP contribution in [0.25, 0.3) is 32.9 Å². The monoisotopic (exact) mass is 441 g/mol. The minimum absolute atomic E-state index is 0.372. The zero-order chi connectivity index (χ0) is 22.8. The van der Waals surface area contributed by atoms with Crippen LogP contribution in [0.5, 0.6) is 5.88 Å². The molecule has 170 valence electrons. The number of anilines is 1. The van der Waals surface area contributed by atoms with Crippen molar-refractivity contribution in [1.82, 2.24) is 9.97 Å². The van der Waals surface area contributed by atoms with Crippen molar-refractivity contribution in [3.05, 3.63) is 60.2 Å². The summed E-state index contributed by atoms with van der Waals surface area (Å²) in [6, 6.07) is 19.3. The van der Waals surface area contributed by atoms with Gasteiger partial charge in [-0.25, -0.2) is 9.97 Å². The van der Waals surface area contributed by atoms with Crippen LogP contribution < -0.4 is 9.64 Å². The Morgan fingerprint density at radius 3 is 2.58 bits per heavy atom. The molecule has 2 aromatic carbocycles. The van der Waals surface area contributed by atoms with Gasteiger partial charge in [-0.05, 0) is 59.9 Å². The molecule has 5 rings (SSSR count). The Hall–Kier alpha value is -3.18. The van der Waals surface area contributed by atoms with Crippen molar-refractivity contribution in [2.45, 2.75) is 33.1 Å². The molecule has 5 heteroatoms. The smallest absolute Gasteiger partial charge is 0.221 e. The minimum Gasteiger partial charge on any atom is -0.477 e. The fourth-order valence-electron chi connectivity index (χ4n) is 4.47. The number of hydrogen-bond acceptors (Lipinski definition) is 5. The van der Waals surface area contributed by atoms with E-state index in [-0.39, 0.29) is 0 Å². The Bertz CT molecular complexity index is 1280. The number of fused-ring (bicyclic) bond motifs is 2. The van der Waals surface area contributed by atoms with E-state index in [1.807, 2.05) is 12.1 Å². The Morgan fingerprint density at radius 1 is 0.970 bits per heavy atom. The van der Waals surface area contributed by atoms with E-state index in [0.717, 1.165) is 66.1 Å². The predicted octanol–water partition coefficient (Wildman–Crippen LogP) is 6.20. The number of pyridine rings is 2. The average molecular weight is 442 g/mol. The molecule has 1 fully saturated rings. The Morgan fingerprint density at radius 2 is 1.79 bits per heavy atom. The molecule has 0 atom stereocenters. The van der Waals surface area contributed by atoms with Gasteiger partial charge >= 0.3 is 0 Å². The summed E-state index contributed by atoms with van der Waals surface area (Å²) in [4.78, 5) is 12.3. The lowest BCUT2D eigenvalue weighted by atomic mass is 9.93. The van der Waals surface area contributed by atoms with Gasteiger partial charge < -0.3 is 14.4 Å². The van der Waals surface area contributed by atoms with Crippen LogP contribution in [0, 0.1) is 0 Å². The van der Waals surface area contributed by atoms with Crippen molar-refractivity contribution < 1.29 is 9.47 Å². The van der Waals surface area contributed by atoms with Gasteiger partial charge in [0.2, 0.25) is 5.88 Å². The molecule has 0 N–H and O–H groups in total. The number of para-hydroxylation sites is 1. The van der Waals surface area contributed by atoms with Crippen molar-refractivity contribution >= 4 is 27.6 Å². The first kappa shape index (κ1) is 21.7. The van der Waals surface area contributed by atoms with Crippen LogP contribution in [-0.2, 0) is 4.74 Å². The Labute approximate surface area is 195 Å². The second-order valence-corrected chi connectivity index (χ2v) is 8.94. The standard InChI is InChI=1S/C28H31N3O2/c1-4-13-33-28-24(16-20-7-5-6-8-25(20)30-28)21-17-23(19(2)3)22-9-10-27(29-26(22)18-21)31-11-14-32-15-12-31/h5-10,16-19H,4,11-15H2,1-3H3. The van der Waals surface area contributed by atoms with Gasteiger partial charge in [0.1, 0.15) is 5.82 Å². The highest BCUT2D eigenvalue weighted by Gasteiger charge is 2.17. The molecule has 0 aliphatic carbocycles. The topological polar surface area (TPSA) is 47.5 Å². The maximum absolute atomic E-state index is 6.13. The van der Waals surface area contributed by atoms with E-state index in [2.05, 4.69) is 68.1 Å². The first-order valence-corrected chi connectivity index (χ1v) is 11.9. The zero-order valence-corrected chi connectivity index (χ0v) is 19.7. The molecule has 0 spiro atoms. The number of ether oxygens (including phenoxy) is 2. The van der Waals surface area contributed by atoms with E-state index in [0.29, 0.717) is 18.4 Å². The summed E-state index contributed by atoms with van der Waals surface area (Å²) in [5.74, 6) is 2.07. The lowest BCUT2D eigenvalue weighted by Gasteiger charge is -2.28. The molecular weight excluding hydrogens is 410 g/mol. The van der Waals surface area contributed by atoms with Crippen LogP contribution in [0.4, 0.5) is 5.82 Å². The summed E-state index contributed by atoms with van der Waals surface area (Å²) in [7, 11) is 0. The molecule has 1 saturated heterocycles. The number of benzene rings is 2. The molecule has 0 amide bonds. The van der Waals surface area contributed by atoms with Gasteiger partial charge in [0, 0.05) is 29.4 Å². The molecule has 5 nitrogen and oxygen atoms in total. The zero-order valence-electron chi connectivity index (χ0n) is 19.7. The molecule has 0 unspecified atom stereocenters. The van der Waals surface area contributed by atoms with E-state index in [9.17, 15) is 0 Å². The fraction of sp³-hybridized carbons (Fsp3) is 0.357. The van der Waals surface area contributed by atoms with Crippen LogP contribution >= 0.6 is 0 Å². The normalized spacial score (nSPS) is 14.4. The number of morpholine rings is 1. The quantitative estimate of drug-likeness (QED) is 0.357. The van der Waals surface area contributed by atoms with Gasteiger partial charge in [-0.1, -0.05) is 39.0 Å². The summed E-state index contributed by atoms with van der Waals surface area (Å²) in [5, 5.41) is 2.31. The molecule has 4 aromatic rings. The minimum atomic E-state index is 0.372. The number of nitrogens with zero attached hydrogens (tertiary/aromatic N) is 3. The van der Waals surface area contributed by atoms with Gasteiger partial charge in [-0.15, -0.1) is 0 Å². The highest BCUT2D eigenvalue weighted by molar-refractivity contribution is 5.92. The van der Waals surface area contributed by atoms with E-state index < -0.39 is 0 Å². The van der Waals surface area contributed by atoms with Crippen molar-refractivity contribution in [3.63, 3.8) is 0 Å². The Kier molecular flexibility index (Phi) is 6.14. The van der Waals surface area contributed by atoms with Crippen LogP contribution in [0.15, 0.2) is 54.6 Å². The van der Waals surface area contributed by atoms with Gasteiger partial charge in [-0.3, -0.25) is 0 Å². The van der Waals surface area contributed by atoms with Crippen molar-refractivity contribution in [2.75, 3.05) is 37.8 Å². The van der Waals surface area contributed by atoms with Crippen molar-refractivity contribution in [3.8, 4) is 17.0 Å². The second kappa shape index (κ2) is 9.36. The van der Waals surface area contributed by atoms with E-state index in [4.69, 9.17) is 19.4 Å². The summed E-state index contributed by atoms with van der Waals surface area (Å²) >= 11 is 0. The molecule has 1 aliphatic heterocycles. The summed E-state index contributed by atoms with van der Waals surface area (Å²) < 4.78 is 11.7. The van der Waals surface area contributed by atoms with E-state index in [1.165, 1.54) is 10.9 Å². The number of aromatic nitrogens is 2. The number of hydrogen-bond donors (Lipinski definition) is 0. The van der Waals surface area contributed by atoms with E-state index in [1.54, 1.807) is 0 Å². The van der Waals surface area contributed by atoms with Crippen LogP contribution in [0.1, 0.15) is 38.7 Å². The average Bonchev–Trinajstić information content (AvgIpc) is 2.86.